The minimum Gasteiger partial charge on any atom is -0.469 e. The number of methoxy groups -OCH3 is 1. The smallest absolute Gasteiger partial charge is 0.309 e. The predicted octanol–water partition coefficient (Wildman–Crippen LogP) is 3.39. The van der Waals surface area contributed by atoms with E-state index in [-0.39, 0.29) is 41.8 Å². The van der Waals surface area contributed by atoms with E-state index in [9.17, 15) is 14.7 Å². The number of alkyl halides is 1. The number of carbonyl (C=O) groups is 2. The standard InChI is InChI=1S/C22H29FO4/c1-12-9-16-15-6-5-13-10-14(24)7-8-21(13,3)22(15,23)17(25)11-20(16,2)18(12)19(26)27-4/h7-8,10,12,15-18,25H,5-6,9,11H2,1-4H3/t12-,15+,16+,17+,18-,20+,21+,22+/m1/s1. The molecule has 148 valence electrons. The highest BCUT2D eigenvalue weighted by atomic mass is 19.1. The Balaban J connectivity index is 1.80. The molecule has 4 nitrogen and oxygen atoms in total. The second-order valence-electron chi connectivity index (χ2n) is 9.57. The van der Waals surface area contributed by atoms with Gasteiger partial charge in [-0.25, -0.2) is 4.39 Å². The number of hydrogen-bond donors (Lipinski definition) is 1. The third-order valence-electron chi connectivity index (χ3n) is 8.44. The fourth-order valence-corrected chi connectivity index (χ4v) is 7.21. The van der Waals surface area contributed by atoms with Crippen molar-refractivity contribution >= 4 is 11.8 Å². The van der Waals surface area contributed by atoms with Gasteiger partial charge in [0.1, 0.15) is 0 Å². The van der Waals surface area contributed by atoms with Gasteiger partial charge in [0.2, 0.25) is 0 Å². The first-order valence-corrected chi connectivity index (χ1v) is 9.98. The Labute approximate surface area is 159 Å². The molecule has 4 aliphatic carbocycles. The largest absolute Gasteiger partial charge is 0.469 e. The van der Waals surface area contributed by atoms with Crippen LogP contribution in [0.25, 0.3) is 0 Å². The minimum absolute atomic E-state index is 0.00871. The van der Waals surface area contributed by atoms with Crippen molar-refractivity contribution in [2.75, 3.05) is 7.11 Å². The Hall–Kier alpha value is -1.49. The van der Waals surface area contributed by atoms with Crippen LogP contribution in [-0.2, 0) is 14.3 Å². The molecular formula is C22H29FO4. The van der Waals surface area contributed by atoms with E-state index >= 15 is 4.39 Å². The SMILES string of the molecule is COC(=O)[C@H]1[C@H](C)C[C@H]2[C@@H]3CCC4=CC(=O)C=C[C@]4(C)[C@@]3(F)[C@@H](O)C[C@@]21C. The second kappa shape index (κ2) is 5.76. The summed E-state index contributed by atoms with van der Waals surface area (Å²) in [6, 6.07) is 0. The highest BCUT2D eigenvalue weighted by molar-refractivity contribution is 6.01. The van der Waals surface area contributed by atoms with Crippen molar-refractivity contribution in [1.29, 1.82) is 0 Å². The van der Waals surface area contributed by atoms with Crippen molar-refractivity contribution < 1.29 is 23.8 Å². The minimum atomic E-state index is -1.83. The molecule has 0 radical (unpaired) electrons. The number of ketones is 1. The van der Waals surface area contributed by atoms with Crippen molar-refractivity contribution in [3.8, 4) is 0 Å². The van der Waals surface area contributed by atoms with Crippen LogP contribution in [0.3, 0.4) is 0 Å². The number of allylic oxidation sites excluding steroid dienone is 4. The lowest BCUT2D eigenvalue weighted by Gasteiger charge is -2.61. The zero-order valence-electron chi connectivity index (χ0n) is 16.5. The van der Waals surface area contributed by atoms with Crippen LogP contribution in [0.15, 0.2) is 23.8 Å². The summed E-state index contributed by atoms with van der Waals surface area (Å²) in [6.07, 6.45) is 5.70. The first kappa shape index (κ1) is 18.9. The first-order valence-electron chi connectivity index (χ1n) is 9.98. The molecule has 4 aliphatic rings. The van der Waals surface area contributed by atoms with Crippen LogP contribution < -0.4 is 0 Å². The number of carbonyl (C=O) groups excluding carboxylic acids is 2. The number of halogens is 1. The summed E-state index contributed by atoms with van der Waals surface area (Å²) < 4.78 is 21.9. The van der Waals surface area contributed by atoms with Crippen LogP contribution in [0, 0.1) is 34.5 Å². The monoisotopic (exact) mass is 376 g/mol. The molecule has 8 atom stereocenters. The van der Waals surface area contributed by atoms with E-state index in [4.69, 9.17) is 4.74 Å². The third kappa shape index (κ3) is 2.18. The summed E-state index contributed by atoms with van der Waals surface area (Å²) in [5.74, 6) is -0.926. The van der Waals surface area contributed by atoms with E-state index < -0.39 is 22.6 Å². The lowest BCUT2D eigenvalue weighted by molar-refractivity contribution is -0.199. The number of fused-ring (bicyclic) bond motifs is 5. The molecule has 0 unspecified atom stereocenters. The van der Waals surface area contributed by atoms with Gasteiger partial charge in [-0.1, -0.05) is 25.5 Å². The number of aliphatic hydroxyl groups is 1. The van der Waals surface area contributed by atoms with E-state index in [1.54, 1.807) is 12.2 Å². The first-order chi connectivity index (χ1) is 12.6. The number of rotatable bonds is 1. The Bertz CT molecular complexity index is 757. The van der Waals surface area contributed by atoms with E-state index in [2.05, 4.69) is 0 Å². The van der Waals surface area contributed by atoms with Crippen LogP contribution in [0.4, 0.5) is 4.39 Å². The van der Waals surface area contributed by atoms with Crippen molar-refractivity contribution in [2.45, 2.75) is 58.2 Å². The Morgan fingerprint density at radius 2 is 2.04 bits per heavy atom. The van der Waals surface area contributed by atoms with Gasteiger partial charge < -0.3 is 9.84 Å². The average Bonchev–Trinajstić information content (AvgIpc) is 2.86. The van der Waals surface area contributed by atoms with Gasteiger partial charge in [0.05, 0.1) is 19.1 Å². The fourth-order valence-electron chi connectivity index (χ4n) is 7.21. The molecule has 1 N–H and O–H groups in total. The summed E-state index contributed by atoms with van der Waals surface area (Å²) in [5, 5.41) is 11.1. The molecule has 27 heavy (non-hydrogen) atoms. The number of aliphatic hydroxyl groups excluding tert-OH is 1. The average molecular weight is 376 g/mol. The van der Waals surface area contributed by atoms with E-state index in [1.807, 2.05) is 20.8 Å². The van der Waals surface area contributed by atoms with E-state index in [0.29, 0.717) is 12.8 Å². The lowest BCUT2D eigenvalue weighted by atomic mass is 9.45. The van der Waals surface area contributed by atoms with Crippen molar-refractivity contribution in [3.63, 3.8) is 0 Å². The van der Waals surface area contributed by atoms with Gasteiger partial charge in [-0.15, -0.1) is 0 Å². The van der Waals surface area contributed by atoms with Crippen molar-refractivity contribution in [1.82, 2.24) is 0 Å². The highest BCUT2D eigenvalue weighted by Gasteiger charge is 2.71. The van der Waals surface area contributed by atoms with Gasteiger partial charge in [-0.2, -0.15) is 0 Å². The molecule has 0 amide bonds. The molecule has 4 rings (SSSR count). The molecular weight excluding hydrogens is 347 g/mol. The fraction of sp³-hybridized carbons (Fsp3) is 0.727. The Kier molecular flexibility index (Phi) is 4.02. The maximum Gasteiger partial charge on any atom is 0.309 e. The quantitative estimate of drug-likeness (QED) is 0.713. The summed E-state index contributed by atoms with van der Waals surface area (Å²) in [7, 11) is 1.40. The van der Waals surface area contributed by atoms with Crippen LogP contribution in [0.2, 0.25) is 0 Å². The molecule has 0 heterocycles. The zero-order chi connectivity index (χ0) is 19.8. The van der Waals surface area contributed by atoms with Gasteiger partial charge in [0.15, 0.2) is 11.5 Å². The van der Waals surface area contributed by atoms with Crippen LogP contribution >= 0.6 is 0 Å². The zero-order valence-corrected chi connectivity index (χ0v) is 16.5. The summed E-state index contributed by atoms with van der Waals surface area (Å²) in [4.78, 5) is 24.3. The number of ether oxygens (including phenoxy) is 1. The van der Waals surface area contributed by atoms with Crippen LogP contribution in [0.1, 0.15) is 46.5 Å². The van der Waals surface area contributed by atoms with Crippen LogP contribution in [-0.4, -0.2) is 35.7 Å². The molecule has 0 aromatic carbocycles. The molecule has 0 aromatic rings. The van der Waals surface area contributed by atoms with Gasteiger partial charge in [-0.3, -0.25) is 9.59 Å². The maximum atomic E-state index is 16.8. The molecule has 0 saturated heterocycles. The van der Waals surface area contributed by atoms with Crippen molar-refractivity contribution in [3.05, 3.63) is 23.8 Å². The molecule has 0 aromatic heterocycles. The second-order valence-corrected chi connectivity index (χ2v) is 9.57. The van der Waals surface area contributed by atoms with Gasteiger partial charge >= 0.3 is 5.97 Å². The van der Waals surface area contributed by atoms with Gasteiger partial charge in [0, 0.05) is 11.3 Å². The number of hydrogen-bond acceptors (Lipinski definition) is 4. The molecule has 3 saturated carbocycles. The van der Waals surface area contributed by atoms with Gasteiger partial charge in [0.25, 0.3) is 0 Å². The van der Waals surface area contributed by atoms with Crippen LogP contribution in [0.5, 0.6) is 0 Å². The highest BCUT2D eigenvalue weighted by Crippen LogP contribution is 2.69. The van der Waals surface area contributed by atoms with Gasteiger partial charge in [-0.05, 0) is 62.0 Å². The Morgan fingerprint density at radius 1 is 1.33 bits per heavy atom. The topological polar surface area (TPSA) is 63.6 Å². The van der Waals surface area contributed by atoms with E-state index in [0.717, 1.165) is 12.0 Å². The summed E-state index contributed by atoms with van der Waals surface area (Å²) in [6.45, 7) is 5.88. The van der Waals surface area contributed by atoms with E-state index in [1.165, 1.54) is 13.2 Å². The molecule has 3 fully saturated rings. The van der Waals surface area contributed by atoms with Crippen molar-refractivity contribution in [2.24, 2.45) is 34.5 Å². The molecule has 0 bridgehead atoms. The normalized spacial score (nSPS) is 51.1. The number of esters is 1. The maximum absolute atomic E-state index is 16.8. The summed E-state index contributed by atoms with van der Waals surface area (Å²) >= 11 is 0. The molecule has 5 heteroatoms. The summed E-state index contributed by atoms with van der Waals surface area (Å²) in [5.41, 5.74) is -2.50. The molecule has 0 aliphatic heterocycles. The Morgan fingerprint density at radius 3 is 2.70 bits per heavy atom. The molecule has 0 spiro atoms. The third-order valence-corrected chi connectivity index (χ3v) is 8.44. The predicted molar refractivity (Wildman–Crippen MR) is 98.4 cm³/mol. The lowest BCUT2D eigenvalue weighted by Crippen LogP contribution is -2.66.